The molecule has 0 aliphatic heterocycles. The molecule has 166 valence electrons. The van der Waals surface area contributed by atoms with Gasteiger partial charge in [0.25, 0.3) is 0 Å². The molecule has 0 aromatic heterocycles. The van der Waals surface area contributed by atoms with Crippen LogP contribution in [0.2, 0.25) is 0 Å². The van der Waals surface area contributed by atoms with E-state index in [1.807, 2.05) is 0 Å². The monoisotopic (exact) mass is 435 g/mol. The van der Waals surface area contributed by atoms with Gasteiger partial charge in [-0.2, -0.15) is 12.6 Å². The first-order valence-corrected chi connectivity index (χ1v) is 9.58. The summed E-state index contributed by atoms with van der Waals surface area (Å²) in [5.41, 5.74) is 11.1. The van der Waals surface area contributed by atoms with Crippen molar-refractivity contribution in [3.8, 4) is 0 Å². The van der Waals surface area contributed by atoms with E-state index >= 15 is 0 Å². The lowest BCUT2D eigenvalue weighted by atomic mass is 10.1. The molecule has 4 unspecified atom stereocenters. The minimum absolute atomic E-state index is 0.233. The van der Waals surface area contributed by atoms with Crippen LogP contribution in [0.1, 0.15) is 32.6 Å². The topological polar surface area (TPSA) is 214 Å². The van der Waals surface area contributed by atoms with Crippen LogP contribution in [0.4, 0.5) is 0 Å². The zero-order valence-corrected chi connectivity index (χ0v) is 17.0. The predicted octanol–water partition coefficient (Wildman–Crippen LogP) is -2.59. The molecule has 3 amide bonds. The molecule has 0 spiro atoms. The second kappa shape index (κ2) is 13.7. The summed E-state index contributed by atoms with van der Waals surface area (Å²) in [5, 5.41) is 24.6. The Labute approximate surface area is 173 Å². The van der Waals surface area contributed by atoms with E-state index in [1.165, 1.54) is 6.92 Å². The fraction of sp³-hybridized carbons (Fsp3) is 0.688. The molecule has 13 heteroatoms. The van der Waals surface area contributed by atoms with Crippen molar-refractivity contribution < 1.29 is 34.2 Å². The Bertz CT molecular complexity index is 604. The number of nitrogens with one attached hydrogen (secondary N) is 3. The lowest BCUT2D eigenvalue weighted by Gasteiger charge is -2.22. The van der Waals surface area contributed by atoms with Gasteiger partial charge in [-0.1, -0.05) is 6.42 Å². The number of carboxylic acids is 2. The molecule has 0 heterocycles. The Morgan fingerprint density at radius 2 is 1.52 bits per heavy atom. The van der Waals surface area contributed by atoms with Crippen molar-refractivity contribution in [1.82, 2.24) is 16.0 Å². The van der Waals surface area contributed by atoms with Gasteiger partial charge in [-0.05, 0) is 26.3 Å². The summed E-state index contributed by atoms with van der Waals surface area (Å²) in [6.07, 6.45) is 0.937. The highest BCUT2D eigenvalue weighted by molar-refractivity contribution is 7.80. The van der Waals surface area contributed by atoms with Gasteiger partial charge in [0.2, 0.25) is 17.7 Å². The van der Waals surface area contributed by atoms with Crippen molar-refractivity contribution in [2.75, 3.05) is 12.3 Å². The van der Waals surface area contributed by atoms with Gasteiger partial charge in [0.1, 0.15) is 18.1 Å². The first kappa shape index (κ1) is 26.6. The fourth-order valence-electron chi connectivity index (χ4n) is 2.16. The number of hydrogen-bond donors (Lipinski definition) is 8. The van der Waals surface area contributed by atoms with Gasteiger partial charge in [-0.3, -0.25) is 19.2 Å². The van der Waals surface area contributed by atoms with Crippen LogP contribution >= 0.6 is 12.6 Å². The Morgan fingerprint density at radius 3 is 2.00 bits per heavy atom. The van der Waals surface area contributed by atoms with E-state index in [1.54, 1.807) is 0 Å². The van der Waals surface area contributed by atoms with Gasteiger partial charge in [-0.15, -0.1) is 0 Å². The van der Waals surface area contributed by atoms with E-state index < -0.39 is 60.2 Å². The number of hydrogen-bond acceptors (Lipinski definition) is 8. The van der Waals surface area contributed by atoms with Crippen molar-refractivity contribution in [2.45, 2.75) is 56.8 Å². The molecule has 4 atom stereocenters. The summed E-state index contributed by atoms with van der Waals surface area (Å²) in [6, 6.07) is -4.85. The normalized spacial score (nSPS) is 14.8. The number of aliphatic carboxylic acids is 2. The van der Waals surface area contributed by atoms with Gasteiger partial charge in [0.15, 0.2) is 0 Å². The first-order valence-electron chi connectivity index (χ1n) is 8.95. The Balaban J connectivity index is 4.91. The lowest BCUT2D eigenvalue weighted by molar-refractivity contribution is -0.143. The molecule has 0 saturated heterocycles. The summed E-state index contributed by atoms with van der Waals surface area (Å²) in [4.78, 5) is 58.4. The number of rotatable bonds is 14. The van der Waals surface area contributed by atoms with Crippen LogP contribution < -0.4 is 27.4 Å². The summed E-state index contributed by atoms with van der Waals surface area (Å²) in [6.45, 7) is 1.81. The number of carbonyl (C=O) groups excluding carboxylic acids is 3. The summed E-state index contributed by atoms with van der Waals surface area (Å²) < 4.78 is 0. The van der Waals surface area contributed by atoms with Crippen LogP contribution in [0.5, 0.6) is 0 Å². The van der Waals surface area contributed by atoms with Gasteiger partial charge >= 0.3 is 11.9 Å². The van der Waals surface area contributed by atoms with Crippen LogP contribution in [0.3, 0.4) is 0 Å². The van der Waals surface area contributed by atoms with Crippen molar-refractivity contribution in [1.29, 1.82) is 0 Å². The average Bonchev–Trinajstić information content (AvgIpc) is 2.64. The molecule has 0 aliphatic rings. The van der Waals surface area contributed by atoms with Crippen LogP contribution in [0, 0.1) is 0 Å². The third kappa shape index (κ3) is 10.7. The van der Waals surface area contributed by atoms with Crippen molar-refractivity contribution in [3.63, 3.8) is 0 Å². The summed E-state index contributed by atoms with van der Waals surface area (Å²) >= 11 is 3.79. The number of carboxylic acid groups (broad SMARTS) is 2. The van der Waals surface area contributed by atoms with Crippen LogP contribution in [0.25, 0.3) is 0 Å². The molecule has 29 heavy (non-hydrogen) atoms. The van der Waals surface area contributed by atoms with Gasteiger partial charge in [-0.25, -0.2) is 4.79 Å². The van der Waals surface area contributed by atoms with Gasteiger partial charge < -0.3 is 37.6 Å². The molecule has 0 aromatic rings. The smallest absolute Gasteiger partial charge is 0.327 e. The molecule has 0 aliphatic carbocycles. The van der Waals surface area contributed by atoms with Crippen molar-refractivity contribution >= 4 is 42.3 Å². The van der Waals surface area contributed by atoms with Gasteiger partial charge in [0.05, 0.1) is 12.5 Å². The van der Waals surface area contributed by atoms with Crippen LogP contribution in [-0.2, 0) is 24.0 Å². The Hall–Kier alpha value is -2.38. The third-order valence-corrected chi connectivity index (χ3v) is 4.23. The van der Waals surface area contributed by atoms with E-state index in [0.717, 1.165) is 0 Å². The maximum atomic E-state index is 12.3. The number of nitrogens with two attached hydrogens (primary N) is 2. The minimum Gasteiger partial charge on any atom is -0.481 e. The Kier molecular flexibility index (Phi) is 12.6. The molecule has 0 rings (SSSR count). The molecule has 9 N–H and O–H groups in total. The maximum Gasteiger partial charge on any atom is 0.327 e. The average molecular weight is 436 g/mol. The largest absolute Gasteiger partial charge is 0.481 e. The number of amides is 3. The molecular weight excluding hydrogens is 406 g/mol. The highest BCUT2D eigenvalue weighted by atomic mass is 32.1. The summed E-state index contributed by atoms with van der Waals surface area (Å²) in [5.74, 6) is -5.39. The van der Waals surface area contributed by atoms with E-state index in [0.29, 0.717) is 25.8 Å². The standard InChI is InChI=1S/C16H29N5O7S/c1-8(19-14(25)9(18)4-2-3-5-17)13(24)20-10(6-12(22)23)15(26)21-11(7-29)16(27)28/h8-11,29H,2-7,17-18H2,1H3,(H,19,25)(H,20,24)(H,21,26)(H,22,23)(H,27,28). The molecule has 0 fully saturated rings. The molecule has 0 aromatic carbocycles. The van der Waals surface area contributed by atoms with E-state index in [-0.39, 0.29) is 5.75 Å². The van der Waals surface area contributed by atoms with Crippen molar-refractivity contribution in [2.24, 2.45) is 11.5 Å². The maximum absolute atomic E-state index is 12.3. The quantitative estimate of drug-likeness (QED) is 0.106. The first-order chi connectivity index (χ1) is 13.5. The lowest BCUT2D eigenvalue weighted by Crippen LogP contribution is -2.57. The van der Waals surface area contributed by atoms with Crippen LogP contribution in [0.15, 0.2) is 0 Å². The van der Waals surface area contributed by atoms with Gasteiger partial charge in [0, 0.05) is 5.75 Å². The molecule has 0 bridgehead atoms. The minimum atomic E-state index is -1.54. The molecule has 0 radical (unpaired) electrons. The SMILES string of the molecule is CC(NC(=O)C(N)CCCCN)C(=O)NC(CC(=O)O)C(=O)NC(CS)C(=O)O. The molecular formula is C16H29N5O7S. The zero-order chi connectivity index (χ0) is 22.6. The third-order valence-electron chi connectivity index (χ3n) is 3.87. The number of thiol groups is 1. The van der Waals surface area contributed by atoms with E-state index in [4.69, 9.17) is 21.7 Å². The second-order valence-corrected chi connectivity index (χ2v) is 6.73. The molecule has 12 nitrogen and oxygen atoms in total. The Morgan fingerprint density at radius 1 is 0.931 bits per heavy atom. The number of carbonyl (C=O) groups is 5. The predicted molar refractivity (Wildman–Crippen MR) is 106 cm³/mol. The van der Waals surface area contributed by atoms with Crippen LogP contribution in [-0.4, -0.2) is 76.3 Å². The fourth-order valence-corrected chi connectivity index (χ4v) is 2.41. The second-order valence-electron chi connectivity index (χ2n) is 6.36. The van der Waals surface area contributed by atoms with E-state index in [9.17, 15) is 24.0 Å². The summed E-state index contributed by atoms with van der Waals surface area (Å²) in [7, 11) is 0. The van der Waals surface area contributed by atoms with Crippen molar-refractivity contribution in [3.05, 3.63) is 0 Å². The number of unbranched alkanes of at least 4 members (excludes halogenated alkanes) is 1. The molecule has 0 saturated carbocycles. The highest BCUT2D eigenvalue weighted by Crippen LogP contribution is 2.00. The van der Waals surface area contributed by atoms with E-state index in [2.05, 4.69) is 28.6 Å². The highest BCUT2D eigenvalue weighted by Gasteiger charge is 2.29. The zero-order valence-electron chi connectivity index (χ0n) is 16.1.